The maximum absolute atomic E-state index is 6.03. The average Bonchev–Trinajstić information content (AvgIpc) is 2.93. The molecule has 4 rings (SSSR count). The fraction of sp³-hybridized carbons (Fsp3) is 0.455. The summed E-state index contributed by atoms with van der Waals surface area (Å²) >= 11 is 0. The molecule has 204 valence electrons. The lowest BCUT2D eigenvalue weighted by atomic mass is 9.89. The van der Waals surface area contributed by atoms with Gasteiger partial charge in [0.15, 0.2) is 6.79 Å². The van der Waals surface area contributed by atoms with Crippen LogP contribution in [-0.2, 0) is 17.6 Å². The van der Waals surface area contributed by atoms with E-state index in [0.717, 1.165) is 48.7 Å². The van der Waals surface area contributed by atoms with E-state index in [1.54, 1.807) is 0 Å². The number of benzene rings is 3. The third-order valence-corrected chi connectivity index (χ3v) is 6.99. The normalized spacial score (nSPS) is 15.4. The lowest BCUT2D eigenvalue weighted by Gasteiger charge is -2.25. The zero-order chi connectivity index (χ0) is 26.6. The largest absolute Gasteiger partial charge is 0.491 e. The minimum atomic E-state index is 0.162. The molecule has 38 heavy (non-hydrogen) atoms. The summed E-state index contributed by atoms with van der Waals surface area (Å²) in [5.41, 5.74) is 3.83. The van der Waals surface area contributed by atoms with Crippen LogP contribution in [0.25, 0.3) is 0 Å². The average molecular weight is 519 g/mol. The smallest absolute Gasteiger partial charge is 0.230 e. The predicted octanol–water partition coefficient (Wildman–Crippen LogP) is 8.06. The number of fused-ring (bicyclic) bond motifs is 1. The van der Waals surface area contributed by atoms with E-state index in [1.807, 2.05) is 54.6 Å². The first kappa shape index (κ1) is 27.8. The van der Waals surface area contributed by atoms with Gasteiger partial charge in [0.2, 0.25) is 6.79 Å². The Balaban J connectivity index is 1.15. The SMILES string of the molecule is CCCCCCC(C)Oc1ccc(OCOc2ccc3c(c2)CCC(OCOc2ccc(C)cc2)C3)cc1. The van der Waals surface area contributed by atoms with Gasteiger partial charge in [-0.1, -0.05) is 49.9 Å². The highest BCUT2D eigenvalue weighted by Gasteiger charge is 2.20. The van der Waals surface area contributed by atoms with Gasteiger partial charge in [-0.15, -0.1) is 0 Å². The van der Waals surface area contributed by atoms with Crippen LogP contribution in [0, 0.1) is 6.92 Å². The summed E-state index contributed by atoms with van der Waals surface area (Å²) in [6.45, 7) is 6.87. The van der Waals surface area contributed by atoms with Gasteiger partial charge < -0.3 is 23.7 Å². The second-order valence-electron chi connectivity index (χ2n) is 10.2. The Labute approximate surface area is 228 Å². The summed E-state index contributed by atoms with van der Waals surface area (Å²) in [5.74, 6) is 3.30. The molecule has 2 unspecified atom stereocenters. The Morgan fingerprint density at radius 2 is 1.39 bits per heavy atom. The van der Waals surface area contributed by atoms with E-state index in [1.165, 1.54) is 42.4 Å². The van der Waals surface area contributed by atoms with Crippen LogP contribution in [0.3, 0.4) is 0 Å². The molecule has 5 nitrogen and oxygen atoms in total. The van der Waals surface area contributed by atoms with Crippen molar-refractivity contribution in [2.24, 2.45) is 0 Å². The van der Waals surface area contributed by atoms with Crippen molar-refractivity contribution in [3.8, 4) is 23.0 Å². The van der Waals surface area contributed by atoms with E-state index in [4.69, 9.17) is 23.7 Å². The lowest BCUT2D eigenvalue weighted by Crippen LogP contribution is -2.24. The van der Waals surface area contributed by atoms with E-state index in [-0.39, 0.29) is 25.8 Å². The van der Waals surface area contributed by atoms with Gasteiger partial charge >= 0.3 is 0 Å². The van der Waals surface area contributed by atoms with Crippen LogP contribution in [0.15, 0.2) is 66.7 Å². The summed E-state index contributed by atoms with van der Waals surface area (Å²) in [6, 6.07) is 22.1. The topological polar surface area (TPSA) is 46.2 Å². The number of unbranched alkanes of at least 4 members (excludes halogenated alkanes) is 3. The highest BCUT2D eigenvalue weighted by atomic mass is 16.7. The quantitative estimate of drug-likeness (QED) is 0.150. The van der Waals surface area contributed by atoms with E-state index in [2.05, 4.69) is 32.9 Å². The predicted molar refractivity (Wildman–Crippen MR) is 151 cm³/mol. The minimum Gasteiger partial charge on any atom is -0.491 e. The first-order valence-corrected chi connectivity index (χ1v) is 14.0. The van der Waals surface area contributed by atoms with E-state index in [9.17, 15) is 0 Å². The molecule has 0 saturated carbocycles. The molecule has 0 amide bonds. The lowest BCUT2D eigenvalue weighted by molar-refractivity contribution is -0.0408. The first-order chi connectivity index (χ1) is 18.6. The van der Waals surface area contributed by atoms with Crippen molar-refractivity contribution < 1.29 is 23.7 Å². The maximum atomic E-state index is 6.03. The van der Waals surface area contributed by atoms with Gasteiger partial charge in [0, 0.05) is 0 Å². The first-order valence-electron chi connectivity index (χ1n) is 14.0. The van der Waals surface area contributed by atoms with Gasteiger partial charge in [-0.2, -0.15) is 0 Å². The number of aryl methyl sites for hydroxylation is 2. The summed E-state index contributed by atoms with van der Waals surface area (Å²) in [7, 11) is 0. The van der Waals surface area contributed by atoms with Crippen LogP contribution >= 0.6 is 0 Å². The third kappa shape index (κ3) is 8.98. The Morgan fingerprint density at radius 1 is 0.737 bits per heavy atom. The van der Waals surface area contributed by atoms with Gasteiger partial charge in [0.05, 0.1) is 12.2 Å². The highest BCUT2D eigenvalue weighted by molar-refractivity contribution is 5.38. The molecule has 0 N–H and O–H groups in total. The molecular formula is C33H42O5. The standard InChI is InChI=1S/C33H42O5/c1-4-5-6-7-8-26(3)38-31-19-17-30(18-20-31)35-24-37-33-16-12-27-21-32(15-11-28(27)22-33)36-23-34-29-13-9-25(2)10-14-29/h9-10,12-14,16-20,22,26,32H,4-8,11,15,21,23-24H2,1-3H3. The Morgan fingerprint density at radius 3 is 2.16 bits per heavy atom. The number of hydrogen-bond acceptors (Lipinski definition) is 5. The van der Waals surface area contributed by atoms with E-state index >= 15 is 0 Å². The fourth-order valence-corrected chi connectivity index (χ4v) is 4.69. The number of ether oxygens (including phenoxy) is 5. The van der Waals surface area contributed by atoms with Crippen LogP contribution in [0.4, 0.5) is 0 Å². The molecule has 3 aromatic carbocycles. The molecule has 1 aliphatic carbocycles. The van der Waals surface area contributed by atoms with E-state index in [0.29, 0.717) is 0 Å². The number of hydrogen-bond donors (Lipinski definition) is 0. The summed E-state index contributed by atoms with van der Waals surface area (Å²) in [4.78, 5) is 0. The van der Waals surface area contributed by atoms with Crippen LogP contribution in [0.2, 0.25) is 0 Å². The second-order valence-corrected chi connectivity index (χ2v) is 10.2. The second kappa shape index (κ2) is 14.7. The van der Waals surface area contributed by atoms with Gasteiger partial charge in [0.25, 0.3) is 0 Å². The molecule has 0 heterocycles. The molecule has 0 bridgehead atoms. The molecule has 3 aromatic rings. The monoisotopic (exact) mass is 518 g/mol. The molecule has 0 spiro atoms. The third-order valence-electron chi connectivity index (χ3n) is 6.99. The fourth-order valence-electron chi connectivity index (χ4n) is 4.69. The summed E-state index contributed by atoms with van der Waals surface area (Å²) in [6.07, 6.45) is 9.34. The van der Waals surface area contributed by atoms with Crippen LogP contribution in [-0.4, -0.2) is 25.8 Å². The Hall–Kier alpha value is -3.18. The maximum Gasteiger partial charge on any atom is 0.230 e. The molecule has 0 radical (unpaired) electrons. The highest BCUT2D eigenvalue weighted by Crippen LogP contribution is 2.27. The Kier molecular flexibility index (Phi) is 10.8. The van der Waals surface area contributed by atoms with Crippen molar-refractivity contribution in [1.29, 1.82) is 0 Å². The molecule has 0 saturated heterocycles. The molecule has 0 aliphatic heterocycles. The molecule has 0 fully saturated rings. The van der Waals surface area contributed by atoms with Crippen molar-refractivity contribution in [2.75, 3.05) is 13.6 Å². The van der Waals surface area contributed by atoms with Crippen molar-refractivity contribution >= 4 is 0 Å². The van der Waals surface area contributed by atoms with Crippen molar-refractivity contribution in [3.05, 3.63) is 83.4 Å². The van der Waals surface area contributed by atoms with Gasteiger partial charge in [0.1, 0.15) is 23.0 Å². The zero-order valence-electron chi connectivity index (χ0n) is 23.1. The van der Waals surface area contributed by atoms with Gasteiger partial charge in [-0.3, -0.25) is 0 Å². The van der Waals surface area contributed by atoms with Crippen LogP contribution in [0.5, 0.6) is 23.0 Å². The molecule has 5 heteroatoms. The Bertz CT molecular complexity index is 1090. The van der Waals surface area contributed by atoms with Gasteiger partial charge in [-0.25, -0.2) is 0 Å². The summed E-state index contributed by atoms with van der Waals surface area (Å²) in [5, 5.41) is 0. The molecular weight excluding hydrogens is 476 g/mol. The van der Waals surface area contributed by atoms with Crippen molar-refractivity contribution in [1.82, 2.24) is 0 Å². The van der Waals surface area contributed by atoms with Crippen LogP contribution in [0.1, 0.15) is 69.1 Å². The van der Waals surface area contributed by atoms with E-state index < -0.39 is 0 Å². The number of rotatable bonds is 15. The zero-order valence-corrected chi connectivity index (χ0v) is 23.1. The van der Waals surface area contributed by atoms with Gasteiger partial charge in [-0.05, 0) is 106 Å². The van der Waals surface area contributed by atoms with Crippen LogP contribution < -0.4 is 18.9 Å². The van der Waals surface area contributed by atoms with Crippen molar-refractivity contribution in [2.45, 2.75) is 84.3 Å². The molecule has 0 aromatic heterocycles. The molecule has 1 aliphatic rings. The summed E-state index contributed by atoms with van der Waals surface area (Å²) < 4.78 is 29.4. The van der Waals surface area contributed by atoms with Crippen molar-refractivity contribution in [3.63, 3.8) is 0 Å². The molecule has 2 atom stereocenters. The minimum absolute atomic E-state index is 0.162.